The van der Waals surface area contributed by atoms with Gasteiger partial charge in [0.2, 0.25) is 5.82 Å². The smallest absolute Gasteiger partial charge is 0.312 e. The lowest BCUT2D eigenvalue weighted by Crippen LogP contribution is -2.54. The van der Waals surface area contributed by atoms with Gasteiger partial charge in [-0.05, 0) is 91.8 Å². The Hall–Kier alpha value is -5.65. The first-order chi connectivity index (χ1) is 30.3. The summed E-state index contributed by atoms with van der Waals surface area (Å²) in [6.45, 7) is 7.49. The van der Waals surface area contributed by atoms with Crippen LogP contribution in [0.4, 0.5) is 21.6 Å². The van der Waals surface area contributed by atoms with Gasteiger partial charge in [0.1, 0.15) is 27.7 Å². The SMILES string of the molecule is CC(C)c1ccccc1[C@@H]1CCCN1C1CC2(CCN(c3ccc(C(=O)NS(=O)(=O)c4cnc(NCC5(F)CCOCC5)c([N+](=O)[O-])c4)c(Oc4cnc5[nH]ccc5c4)c3)CC2)C1. The molecule has 3 aromatic heterocycles. The van der Waals surface area contributed by atoms with Gasteiger partial charge in [-0.2, -0.15) is 0 Å². The summed E-state index contributed by atoms with van der Waals surface area (Å²) >= 11 is 0. The third-order valence-electron chi connectivity index (χ3n) is 13.6. The number of nitrogens with one attached hydrogen (secondary N) is 3. The molecule has 6 heterocycles. The van der Waals surface area contributed by atoms with Crippen LogP contribution in [-0.4, -0.2) is 90.2 Å². The number of benzene rings is 2. The van der Waals surface area contributed by atoms with Gasteiger partial charge in [-0.25, -0.2) is 27.5 Å². The number of alkyl halides is 1. The standard InChI is InChI=1S/C46H53FN8O7S/c1-30(2)36-6-3-4-7-37(36)39-8-5-17-54(39)33-25-45(26-33)12-18-53(19-13-45)32-9-10-38(41(23-32)62-34-22-31-11-16-48-42(31)49-27-34)44(56)52-63(59,60)35-24-40(55(57)58)43(50-28-35)51-29-46(47)14-20-61-21-15-46/h3-4,6-7,9-11,16,22-24,27-28,30,33,39H,5,8,12-15,17-21,25-26,29H2,1-2H3,(H,48,49)(H,50,51)(H,52,56)/t39-/m0/s1. The van der Waals surface area contributed by atoms with Crippen LogP contribution < -0.4 is 19.7 Å². The predicted molar refractivity (Wildman–Crippen MR) is 237 cm³/mol. The van der Waals surface area contributed by atoms with E-state index in [1.807, 2.05) is 10.8 Å². The van der Waals surface area contributed by atoms with Crippen LogP contribution >= 0.6 is 0 Å². The van der Waals surface area contributed by atoms with Crippen LogP contribution in [-0.2, 0) is 14.8 Å². The van der Waals surface area contributed by atoms with E-state index in [2.05, 4.69) is 68.2 Å². The number of pyridine rings is 2. The third-order valence-corrected chi connectivity index (χ3v) is 14.9. The molecule has 1 saturated carbocycles. The van der Waals surface area contributed by atoms with Crippen LogP contribution in [0.3, 0.4) is 0 Å². The average molecular weight is 881 g/mol. The number of carbonyl (C=O) groups excluding carboxylic acids is 1. The highest BCUT2D eigenvalue weighted by atomic mass is 32.2. The van der Waals surface area contributed by atoms with Crippen molar-refractivity contribution in [2.24, 2.45) is 5.41 Å². The maximum Gasteiger partial charge on any atom is 0.312 e. The lowest BCUT2D eigenvalue weighted by atomic mass is 9.59. The predicted octanol–water partition coefficient (Wildman–Crippen LogP) is 8.42. The molecule has 3 aliphatic heterocycles. The molecule has 0 bridgehead atoms. The number of fused-ring (bicyclic) bond motifs is 1. The highest BCUT2D eigenvalue weighted by molar-refractivity contribution is 7.90. The number of sulfonamides is 1. The molecule has 0 unspecified atom stereocenters. The Labute approximate surface area is 366 Å². The third kappa shape index (κ3) is 8.82. The molecular formula is C46H53FN8O7S. The first-order valence-electron chi connectivity index (χ1n) is 21.9. The first kappa shape index (κ1) is 42.6. The van der Waals surface area contributed by atoms with Gasteiger partial charge < -0.3 is 24.7 Å². The number of carbonyl (C=O) groups is 1. The van der Waals surface area contributed by atoms with Crippen LogP contribution in [0, 0.1) is 15.5 Å². The molecule has 5 aromatic rings. The van der Waals surface area contributed by atoms with E-state index in [1.54, 1.807) is 24.4 Å². The van der Waals surface area contributed by atoms with Crippen molar-refractivity contribution in [2.75, 3.05) is 49.6 Å². The molecule has 0 radical (unpaired) electrons. The van der Waals surface area contributed by atoms with Crippen molar-refractivity contribution >= 4 is 44.2 Å². The zero-order chi connectivity index (χ0) is 43.9. The Morgan fingerprint density at radius 1 is 1.03 bits per heavy atom. The van der Waals surface area contributed by atoms with Crippen LogP contribution in [0.2, 0.25) is 0 Å². The number of piperidine rings is 1. The van der Waals surface area contributed by atoms with Crippen LogP contribution in [0.15, 0.2) is 84.1 Å². The number of halogens is 1. The molecule has 1 spiro atoms. The Kier molecular flexibility index (Phi) is 11.6. The zero-order valence-electron chi connectivity index (χ0n) is 35.5. The number of ether oxygens (including phenoxy) is 2. The van der Waals surface area contributed by atoms with E-state index in [-0.39, 0.29) is 55.1 Å². The van der Waals surface area contributed by atoms with E-state index in [1.165, 1.54) is 49.1 Å². The van der Waals surface area contributed by atoms with Crippen molar-refractivity contribution in [3.8, 4) is 11.5 Å². The van der Waals surface area contributed by atoms with Gasteiger partial charge in [0.25, 0.3) is 15.9 Å². The van der Waals surface area contributed by atoms with Crippen molar-refractivity contribution in [1.82, 2.24) is 24.6 Å². The quantitative estimate of drug-likeness (QED) is 0.0759. The molecule has 4 aliphatic rings. The van der Waals surface area contributed by atoms with Crippen molar-refractivity contribution < 1.29 is 32.0 Å². The number of amides is 1. The molecule has 332 valence electrons. The molecule has 2 aromatic carbocycles. The lowest BCUT2D eigenvalue weighted by molar-refractivity contribution is -0.384. The number of nitrogens with zero attached hydrogens (tertiary/aromatic N) is 5. The normalized spacial score (nSPS) is 20.2. The average Bonchev–Trinajstić information content (AvgIpc) is 3.95. The van der Waals surface area contributed by atoms with Crippen molar-refractivity contribution in [3.05, 3.63) is 106 Å². The molecule has 4 fully saturated rings. The zero-order valence-corrected chi connectivity index (χ0v) is 36.3. The van der Waals surface area contributed by atoms with Gasteiger partial charge in [-0.3, -0.25) is 19.8 Å². The fourth-order valence-electron chi connectivity index (χ4n) is 10.1. The van der Waals surface area contributed by atoms with Gasteiger partial charge in [0.05, 0.1) is 29.4 Å². The minimum absolute atomic E-state index is 0.0727. The number of hydrogen-bond acceptors (Lipinski definition) is 12. The Bertz CT molecular complexity index is 2620. The van der Waals surface area contributed by atoms with Gasteiger partial charge in [0.15, 0.2) is 0 Å². The van der Waals surface area contributed by atoms with E-state index in [9.17, 15) is 23.3 Å². The van der Waals surface area contributed by atoms with Gasteiger partial charge in [-0.15, -0.1) is 0 Å². The number of H-pyrrole nitrogens is 1. The number of likely N-dealkylation sites (tertiary alicyclic amines) is 1. The molecule has 3 saturated heterocycles. The number of aromatic nitrogens is 3. The second-order valence-corrected chi connectivity index (χ2v) is 19.6. The molecule has 17 heteroatoms. The summed E-state index contributed by atoms with van der Waals surface area (Å²) in [6, 6.07) is 19.4. The fraction of sp³-hybridized carbons (Fsp3) is 0.457. The number of aromatic amines is 1. The van der Waals surface area contributed by atoms with Crippen LogP contribution in [0.1, 0.15) is 98.7 Å². The summed E-state index contributed by atoms with van der Waals surface area (Å²) in [4.78, 5) is 41.0. The monoisotopic (exact) mass is 880 g/mol. The second kappa shape index (κ2) is 17.1. The van der Waals surface area contributed by atoms with Crippen LogP contribution in [0.5, 0.6) is 11.5 Å². The van der Waals surface area contributed by atoms with Crippen molar-refractivity contribution in [2.45, 2.75) is 93.8 Å². The molecule has 9 rings (SSSR count). The minimum atomic E-state index is -4.69. The van der Waals surface area contributed by atoms with Crippen molar-refractivity contribution in [1.29, 1.82) is 0 Å². The summed E-state index contributed by atoms with van der Waals surface area (Å²) in [6.07, 6.45) is 11.2. The molecule has 1 atom stereocenters. The summed E-state index contributed by atoms with van der Waals surface area (Å²) < 4.78 is 56.1. The van der Waals surface area contributed by atoms with Gasteiger partial charge >= 0.3 is 5.69 Å². The van der Waals surface area contributed by atoms with E-state index in [4.69, 9.17) is 9.47 Å². The summed E-state index contributed by atoms with van der Waals surface area (Å²) in [5.41, 5.74) is 2.28. The molecule has 3 N–H and O–H groups in total. The molecule has 63 heavy (non-hydrogen) atoms. The summed E-state index contributed by atoms with van der Waals surface area (Å²) in [5.74, 6) is -0.370. The molecule has 1 amide bonds. The lowest BCUT2D eigenvalue weighted by Gasteiger charge is -2.56. The topological polar surface area (TPSA) is 185 Å². The Morgan fingerprint density at radius 3 is 2.57 bits per heavy atom. The highest BCUT2D eigenvalue weighted by Crippen LogP contribution is 2.54. The van der Waals surface area contributed by atoms with Crippen LogP contribution in [0.25, 0.3) is 11.0 Å². The van der Waals surface area contributed by atoms with Gasteiger partial charge in [0, 0.05) is 80.6 Å². The number of rotatable bonds is 13. The van der Waals surface area contributed by atoms with E-state index >= 15 is 4.39 Å². The van der Waals surface area contributed by atoms with Gasteiger partial charge in [-0.1, -0.05) is 38.1 Å². The molecule has 15 nitrogen and oxygen atoms in total. The van der Waals surface area contributed by atoms with E-state index < -0.39 is 37.1 Å². The van der Waals surface area contributed by atoms with Crippen molar-refractivity contribution in [3.63, 3.8) is 0 Å². The minimum Gasteiger partial charge on any atom is -0.455 e. The number of anilines is 2. The van der Waals surface area contributed by atoms with E-state index in [0.717, 1.165) is 55.8 Å². The first-order valence-corrected chi connectivity index (χ1v) is 23.3. The second-order valence-electron chi connectivity index (χ2n) is 17.9. The highest BCUT2D eigenvalue weighted by Gasteiger charge is 2.50. The Morgan fingerprint density at radius 2 is 1.81 bits per heavy atom. The molecular weight excluding hydrogens is 828 g/mol. The largest absolute Gasteiger partial charge is 0.455 e. The fourth-order valence-corrected chi connectivity index (χ4v) is 11.0. The Balaban J connectivity index is 0.905. The van der Waals surface area contributed by atoms with E-state index in [0.29, 0.717) is 29.4 Å². The number of hydrogen-bond donors (Lipinski definition) is 3. The number of nitro groups is 1. The molecule has 1 aliphatic carbocycles. The maximum atomic E-state index is 15.2. The summed E-state index contributed by atoms with van der Waals surface area (Å²) in [7, 11) is -4.69. The summed E-state index contributed by atoms with van der Waals surface area (Å²) in [5, 5.41) is 15.5. The maximum absolute atomic E-state index is 15.2.